The van der Waals surface area contributed by atoms with Crippen molar-refractivity contribution in [2.24, 2.45) is 10.8 Å². The van der Waals surface area contributed by atoms with Crippen LogP contribution in [0.4, 0.5) is 0 Å². The van der Waals surface area contributed by atoms with Gasteiger partial charge in [0.1, 0.15) is 12.2 Å². The third-order valence-electron chi connectivity index (χ3n) is 2.85. The van der Waals surface area contributed by atoms with E-state index in [4.69, 9.17) is 25.5 Å². The highest BCUT2D eigenvalue weighted by Gasteiger charge is 2.54. The van der Waals surface area contributed by atoms with Crippen molar-refractivity contribution in [3.63, 3.8) is 0 Å². The topological polar surface area (TPSA) is 123 Å². The van der Waals surface area contributed by atoms with Gasteiger partial charge in [0.25, 0.3) is 0 Å². The van der Waals surface area contributed by atoms with Crippen LogP contribution in [-0.4, -0.2) is 48.1 Å². The second-order valence-corrected chi connectivity index (χ2v) is 4.63. The molecule has 3 N–H and O–H groups in total. The second-order valence-electron chi connectivity index (χ2n) is 4.63. The van der Waals surface area contributed by atoms with Gasteiger partial charge in [-0.1, -0.05) is 5.11 Å². The summed E-state index contributed by atoms with van der Waals surface area (Å²) < 4.78 is 16.6. The Hall–Kier alpha value is -0.890. The van der Waals surface area contributed by atoms with Gasteiger partial charge in [-0.15, -0.1) is 0 Å². The smallest absolute Gasteiger partial charge is 0.189 e. The molecule has 0 spiro atoms. The highest BCUT2D eigenvalue weighted by molar-refractivity contribution is 4.98. The molecule has 2 aliphatic heterocycles. The minimum atomic E-state index is -0.957. The molecule has 0 unspecified atom stereocenters. The van der Waals surface area contributed by atoms with Crippen molar-refractivity contribution >= 4 is 0 Å². The number of aliphatic hydroxyl groups is 1. The summed E-state index contributed by atoms with van der Waals surface area (Å²) in [7, 11) is 0. The van der Waals surface area contributed by atoms with Gasteiger partial charge in [-0.2, -0.15) is 0 Å². The zero-order valence-corrected chi connectivity index (χ0v) is 9.68. The molecule has 2 fully saturated rings. The molecule has 0 aromatic carbocycles. The summed E-state index contributed by atoms with van der Waals surface area (Å²) in [5.74, 6) is -0.728. The Balaban J connectivity index is 2.00. The molecule has 0 saturated carbocycles. The molecular weight excluding hydrogens is 228 g/mol. The molecule has 0 aromatic rings. The lowest BCUT2D eigenvalue weighted by Gasteiger charge is -2.25. The van der Waals surface area contributed by atoms with E-state index in [1.54, 1.807) is 13.8 Å². The number of aliphatic hydroxyl groups excluding tert-OH is 1. The van der Waals surface area contributed by atoms with E-state index in [9.17, 15) is 5.11 Å². The Morgan fingerprint density at radius 3 is 2.82 bits per heavy atom. The predicted molar refractivity (Wildman–Crippen MR) is 56.7 cm³/mol. The second kappa shape index (κ2) is 4.41. The van der Waals surface area contributed by atoms with Gasteiger partial charge in [-0.25, -0.2) is 0 Å². The van der Waals surface area contributed by atoms with Gasteiger partial charge >= 0.3 is 0 Å². The quantitative estimate of drug-likeness (QED) is 0.406. The zero-order chi connectivity index (χ0) is 12.6. The zero-order valence-electron chi connectivity index (χ0n) is 9.68. The summed E-state index contributed by atoms with van der Waals surface area (Å²) in [5.41, 5.74) is 14.1. The summed E-state index contributed by atoms with van der Waals surface area (Å²) in [5, 5.41) is 13.0. The third-order valence-corrected chi connectivity index (χ3v) is 2.85. The molecule has 17 heavy (non-hydrogen) atoms. The highest BCUT2D eigenvalue weighted by atomic mass is 16.8. The first kappa shape index (κ1) is 12.6. The van der Waals surface area contributed by atoms with Gasteiger partial charge in [-0.05, 0) is 19.4 Å². The average Bonchev–Trinajstić information content (AvgIpc) is 2.70. The lowest BCUT2D eigenvalue weighted by Crippen LogP contribution is -2.47. The summed E-state index contributed by atoms with van der Waals surface area (Å²) in [6.45, 7) is 3.46. The molecule has 96 valence electrons. The first-order chi connectivity index (χ1) is 7.94. The van der Waals surface area contributed by atoms with E-state index in [0.717, 1.165) is 0 Å². The van der Waals surface area contributed by atoms with E-state index in [0.29, 0.717) is 0 Å². The molecular formula is C9H16N4O4. The van der Waals surface area contributed by atoms with Crippen molar-refractivity contribution in [1.82, 2.24) is 0 Å². The van der Waals surface area contributed by atoms with E-state index in [1.165, 1.54) is 0 Å². The van der Waals surface area contributed by atoms with Crippen molar-refractivity contribution in [3.05, 3.63) is 10.4 Å². The Morgan fingerprint density at radius 1 is 1.53 bits per heavy atom. The maximum atomic E-state index is 9.75. The molecule has 0 radical (unpaired) electrons. The Bertz CT molecular complexity index is 344. The van der Waals surface area contributed by atoms with Crippen LogP contribution in [0, 0.1) is 0 Å². The SMILES string of the molecule is CC1(C)O[C@H]2O[C@H]([C@H](O)CN=[N+]=[N-])[C@H](N)[C@H]2O1. The van der Waals surface area contributed by atoms with Gasteiger partial charge in [0.2, 0.25) is 0 Å². The maximum Gasteiger partial charge on any atom is 0.189 e. The van der Waals surface area contributed by atoms with Crippen LogP contribution in [0.1, 0.15) is 13.8 Å². The van der Waals surface area contributed by atoms with Crippen molar-refractivity contribution in [2.75, 3.05) is 6.54 Å². The highest BCUT2D eigenvalue weighted by Crippen LogP contribution is 2.37. The summed E-state index contributed by atoms with van der Waals surface area (Å²) in [6.07, 6.45) is -2.59. The summed E-state index contributed by atoms with van der Waals surface area (Å²) in [4.78, 5) is 2.57. The van der Waals surface area contributed by atoms with E-state index in [2.05, 4.69) is 10.0 Å². The molecule has 2 heterocycles. The number of nitrogens with zero attached hydrogens (tertiary/aromatic N) is 3. The van der Waals surface area contributed by atoms with Crippen LogP contribution < -0.4 is 5.73 Å². The van der Waals surface area contributed by atoms with Crippen LogP contribution >= 0.6 is 0 Å². The first-order valence-electron chi connectivity index (χ1n) is 5.40. The van der Waals surface area contributed by atoms with Crippen LogP contribution in [0.25, 0.3) is 10.4 Å². The molecule has 0 aromatic heterocycles. The van der Waals surface area contributed by atoms with Crippen LogP contribution in [0.2, 0.25) is 0 Å². The van der Waals surface area contributed by atoms with Crippen molar-refractivity contribution < 1.29 is 19.3 Å². The number of hydrogen-bond acceptors (Lipinski definition) is 6. The van der Waals surface area contributed by atoms with Crippen LogP contribution in [0.5, 0.6) is 0 Å². The van der Waals surface area contributed by atoms with Gasteiger partial charge in [0, 0.05) is 4.91 Å². The largest absolute Gasteiger partial charge is 0.390 e. The number of hydrogen-bond donors (Lipinski definition) is 2. The van der Waals surface area contributed by atoms with Gasteiger partial charge < -0.3 is 25.1 Å². The monoisotopic (exact) mass is 244 g/mol. The molecule has 0 amide bonds. The molecule has 8 heteroatoms. The average molecular weight is 244 g/mol. The Morgan fingerprint density at radius 2 is 2.24 bits per heavy atom. The van der Waals surface area contributed by atoms with Crippen molar-refractivity contribution in [1.29, 1.82) is 0 Å². The predicted octanol–water partition coefficient (Wildman–Crippen LogP) is -0.139. The molecule has 2 saturated heterocycles. The summed E-state index contributed by atoms with van der Waals surface area (Å²) >= 11 is 0. The summed E-state index contributed by atoms with van der Waals surface area (Å²) in [6, 6.07) is -0.509. The Labute approximate surface area is 98.3 Å². The molecule has 5 atom stereocenters. The first-order valence-corrected chi connectivity index (χ1v) is 5.40. The minimum absolute atomic E-state index is 0.0856. The van der Waals surface area contributed by atoms with E-state index >= 15 is 0 Å². The fourth-order valence-electron chi connectivity index (χ4n) is 2.13. The molecule has 0 bridgehead atoms. The van der Waals surface area contributed by atoms with E-state index < -0.39 is 36.4 Å². The van der Waals surface area contributed by atoms with Crippen LogP contribution in [0.15, 0.2) is 5.11 Å². The lowest BCUT2D eigenvalue weighted by molar-refractivity contribution is -0.215. The molecule has 2 rings (SSSR count). The van der Waals surface area contributed by atoms with Crippen LogP contribution in [0.3, 0.4) is 0 Å². The lowest BCUT2D eigenvalue weighted by atomic mass is 10.0. The minimum Gasteiger partial charge on any atom is -0.390 e. The third kappa shape index (κ3) is 2.37. The number of rotatable bonds is 3. The maximum absolute atomic E-state index is 9.75. The van der Waals surface area contributed by atoms with E-state index in [1.807, 2.05) is 0 Å². The molecule has 2 aliphatic rings. The number of fused-ring (bicyclic) bond motifs is 1. The van der Waals surface area contributed by atoms with Gasteiger partial charge in [0.15, 0.2) is 12.1 Å². The fraction of sp³-hybridized carbons (Fsp3) is 1.00. The Kier molecular flexibility index (Phi) is 3.26. The van der Waals surface area contributed by atoms with Gasteiger partial charge in [-0.3, -0.25) is 0 Å². The molecule has 0 aliphatic carbocycles. The van der Waals surface area contributed by atoms with Crippen LogP contribution in [-0.2, 0) is 14.2 Å². The van der Waals surface area contributed by atoms with E-state index in [-0.39, 0.29) is 6.54 Å². The number of nitrogens with two attached hydrogens (primary N) is 1. The number of ether oxygens (including phenoxy) is 3. The fourth-order valence-corrected chi connectivity index (χ4v) is 2.13. The van der Waals surface area contributed by atoms with Crippen molar-refractivity contribution in [3.8, 4) is 0 Å². The van der Waals surface area contributed by atoms with Gasteiger partial charge in [0.05, 0.1) is 18.7 Å². The standard InChI is InChI=1S/C9H16N4O4/c1-9(2)16-7-5(10)6(15-8(7)17-9)4(14)3-12-13-11/h4-8,14H,3,10H2,1-2H3/t4-,5+,6-,7-,8-/m1/s1. The number of azide groups is 1. The molecule has 8 nitrogen and oxygen atoms in total. The van der Waals surface area contributed by atoms with Crippen molar-refractivity contribution in [2.45, 2.75) is 50.3 Å². The normalized spacial score (nSPS) is 40.7.